The summed E-state index contributed by atoms with van der Waals surface area (Å²) in [6.45, 7) is 3.86. The predicted octanol–water partition coefficient (Wildman–Crippen LogP) is 4.35. The van der Waals surface area contributed by atoms with E-state index in [4.69, 9.17) is 4.74 Å². The molecule has 1 aromatic carbocycles. The van der Waals surface area contributed by atoms with Crippen molar-refractivity contribution in [2.75, 3.05) is 49.6 Å². The van der Waals surface area contributed by atoms with Crippen molar-refractivity contribution in [1.29, 1.82) is 0 Å². The van der Waals surface area contributed by atoms with Crippen molar-refractivity contribution in [3.63, 3.8) is 0 Å². The molecule has 186 valence electrons. The number of ether oxygens (including phenoxy) is 1. The molecule has 2 aliphatic rings. The van der Waals surface area contributed by atoms with Crippen molar-refractivity contribution in [1.82, 2.24) is 14.9 Å². The first-order valence-electron chi connectivity index (χ1n) is 11.6. The third-order valence-corrected chi connectivity index (χ3v) is 7.37. The molecular weight excluding hydrogens is 479 g/mol. The number of hydrogen-bond donors (Lipinski definition) is 1. The van der Waals surface area contributed by atoms with E-state index in [1.807, 2.05) is 29.2 Å². The van der Waals surface area contributed by atoms with Crippen LogP contribution in [-0.2, 0) is 11.2 Å². The Hall–Kier alpha value is -2.92. The fourth-order valence-corrected chi connectivity index (χ4v) is 5.58. The van der Waals surface area contributed by atoms with E-state index in [9.17, 15) is 18.0 Å². The summed E-state index contributed by atoms with van der Waals surface area (Å²) in [5.41, 5.74) is 1.63. The number of rotatable bonds is 5. The number of carbonyl (C=O) groups excluding carboxylic acids is 1. The molecule has 2 fully saturated rings. The van der Waals surface area contributed by atoms with Crippen molar-refractivity contribution in [2.45, 2.75) is 31.5 Å². The standard InChI is InChI=1S/C24H26F3N5O2S/c25-24(26,27)14-19-13-20-21(28-15-29-22(20)35-19)31-7-5-18(6-8-31)30-17-3-1-16(2-4-17)23(33)32-9-11-34-12-10-32/h1-4,13,15,18,30H,5-12,14H2. The van der Waals surface area contributed by atoms with Crippen LogP contribution in [0.15, 0.2) is 36.7 Å². The molecule has 0 atom stereocenters. The highest BCUT2D eigenvalue weighted by Crippen LogP contribution is 2.34. The lowest BCUT2D eigenvalue weighted by atomic mass is 10.0. The number of benzene rings is 1. The summed E-state index contributed by atoms with van der Waals surface area (Å²) in [6.07, 6.45) is -2.04. The first kappa shape index (κ1) is 23.8. The van der Waals surface area contributed by atoms with Gasteiger partial charge in [0.15, 0.2) is 0 Å². The highest BCUT2D eigenvalue weighted by Gasteiger charge is 2.30. The lowest BCUT2D eigenvalue weighted by molar-refractivity contribution is -0.126. The van der Waals surface area contributed by atoms with Crippen LogP contribution in [0.2, 0.25) is 0 Å². The van der Waals surface area contributed by atoms with Crippen LogP contribution in [0.1, 0.15) is 28.1 Å². The van der Waals surface area contributed by atoms with Gasteiger partial charge in [0.1, 0.15) is 17.0 Å². The summed E-state index contributed by atoms with van der Waals surface area (Å²) in [5, 5.41) is 4.22. The first-order valence-corrected chi connectivity index (χ1v) is 12.5. The highest BCUT2D eigenvalue weighted by atomic mass is 32.1. The van der Waals surface area contributed by atoms with Crippen molar-refractivity contribution < 1.29 is 22.7 Å². The second-order valence-corrected chi connectivity index (χ2v) is 9.92. The molecule has 35 heavy (non-hydrogen) atoms. The Labute approximate surface area is 204 Å². The zero-order valence-electron chi connectivity index (χ0n) is 19.1. The molecular formula is C24H26F3N5O2S. The van der Waals surface area contributed by atoms with Crippen molar-refractivity contribution in [3.8, 4) is 0 Å². The summed E-state index contributed by atoms with van der Waals surface area (Å²) in [5.74, 6) is 0.722. The van der Waals surface area contributed by atoms with Crippen LogP contribution in [0.5, 0.6) is 0 Å². The zero-order chi connectivity index (χ0) is 24.4. The van der Waals surface area contributed by atoms with Crippen LogP contribution in [0, 0.1) is 0 Å². The second-order valence-electron chi connectivity index (χ2n) is 8.81. The highest BCUT2D eigenvalue weighted by molar-refractivity contribution is 7.18. The van der Waals surface area contributed by atoms with Crippen LogP contribution in [0.4, 0.5) is 24.7 Å². The SMILES string of the molecule is O=C(c1ccc(NC2CCN(c3ncnc4sc(CC(F)(F)F)cc34)CC2)cc1)N1CCOCC1. The van der Waals surface area contributed by atoms with Gasteiger partial charge >= 0.3 is 6.18 Å². The van der Waals surface area contributed by atoms with E-state index in [1.165, 1.54) is 6.33 Å². The van der Waals surface area contributed by atoms with Gasteiger partial charge in [-0.1, -0.05) is 0 Å². The van der Waals surface area contributed by atoms with Gasteiger partial charge in [0.05, 0.1) is 25.0 Å². The molecule has 3 aromatic rings. The Morgan fingerprint density at radius 3 is 2.49 bits per heavy atom. The van der Waals surface area contributed by atoms with Gasteiger partial charge in [0.2, 0.25) is 0 Å². The minimum Gasteiger partial charge on any atom is -0.382 e. The van der Waals surface area contributed by atoms with Crippen molar-refractivity contribution in [3.05, 3.63) is 47.1 Å². The molecule has 2 saturated heterocycles. The number of alkyl halides is 3. The Balaban J connectivity index is 1.19. The Morgan fingerprint density at radius 1 is 1.09 bits per heavy atom. The molecule has 7 nitrogen and oxygen atoms in total. The molecule has 2 aromatic heterocycles. The van der Waals surface area contributed by atoms with Crippen LogP contribution >= 0.6 is 11.3 Å². The molecule has 1 amide bonds. The van der Waals surface area contributed by atoms with Gasteiger partial charge in [-0.3, -0.25) is 4.79 Å². The summed E-state index contributed by atoms with van der Waals surface area (Å²) in [4.78, 5) is 25.9. The number of aromatic nitrogens is 2. The molecule has 0 aliphatic carbocycles. The lowest BCUT2D eigenvalue weighted by Gasteiger charge is -2.34. The van der Waals surface area contributed by atoms with E-state index in [0.717, 1.165) is 43.0 Å². The number of amides is 1. The molecule has 1 N–H and O–H groups in total. The Morgan fingerprint density at radius 2 is 1.80 bits per heavy atom. The number of nitrogens with zero attached hydrogens (tertiary/aromatic N) is 4. The molecule has 0 saturated carbocycles. The molecule has 0 spiro atoms. The quantitative estimate of drug-likeness (QED) is 0.556. The molecule has 0 bridgehead atoms. The van der Waals surface area contributed by atoms with E-state index in [1.54, 1.807) is 6.07 Å². The maximum absolute atomic E-state index is 12.8. The fourth-order valence-electron chi connectivity index (χ4n) is 4.56. The first-order chi connectivity index (χ1) is 16.9. The summed E-state index contributed by atoms with van der Waals surface area (Å²) in [6, 6.07) is 9.40. The van der Waals surface area contributed by atoms with Gasteiger partial charge in [0.25, 0.3) is 5.91 Å². The number of morpholine rings is 1. The van der Waals surface area contributed by atoms with Gasteiger partial charge in [0, 0.05) is 48.3 Å². The van der Waals surface area contributed by atoms with Gasteiger partial charge < -0.3 is 19.9 Å². The number of hydrogen-bond acceptors (Lipinski definition) is 7. The average Bonchev–Trinajstić information content (AvgIpc) is 3.26. The number of thiophene rings is 1. The third kappa shape index (κ3) is 5.67. The summed E-state index contributed by atoms with van der Waals surface area (Å²) in [7, 11) is 0. The lowest BCUT2D eigenvalue weighted by Crippen LogP contribution is -2.40. The van der Waals surface area contributed by atoms with E-state index < -0.39 is 12.6 Å². The van der Waals surface area contributed by atoms with Crippen LogP contribution in [0.25, 0.3) is 10.2 Å². The second kappa shape index (κ2) is 9.98. The smallest absolute Gasteiger partial charge is 0.382 e. The maximum atomic E-state index is 12.8. The number of carbonyl (C=O) groups is 1. The van der Waals surface area contributed by atoms with Crippen molar-refractivity contribution >= 4 is 39.0 Å². The molecule has 4 heterocycles. The molecule has 0 radical (unpaired) electrons. The molecule has 2 aliphatic heterocycles. The molecule has 5 rings (SSSR count). The molecule has 0 unspecified atom stereocenters. The van der Waals surface area contributed by atoms with E-state index in [2.05, 4.69) is 20.2 Å². The van der Waals surface area contributed by atoms with Crippen molar-refractivity contribution in [2.24, 2.45) is 0 Å². The number of nitrogens with one attached hydrogen (secondary N) is 1. The third-order valence-electron chi connectivity index (χ3n) is 6.33. The fraction of sp³-hybridized carbons (Fsp3) is 0.458. The number of fused-ring (bicyclic) bond motifs is 1. The average molecular weight is 506 g/mol. The van der Waals surface area contributed by atoms with Gasteiger partial charge in [-0.15, -0.1) is 11.3 Å². The summed E-state index contributed by atoms with van der Waals surface area (Å²) >= 11 is 1.07. The van der Waals surface area contributed by atoms with Gasteiger partial charge in [-0.2, -0.15) is 13.2 Å². The minimum absolute atomic E-state index is 0.0242. The molecule has 11 heteroatoms. The van der Waals surface area contributed by atoms with Crippen LogP contribution < -0.4 is 10.2 Å². The maximum Gasteiger partial charge on any atom is 0.393 e. The van der Waals surface area contributed by atoms with Crippen LogP contribution in [-0.4, -0.2) is 72.4 Å². The normalized spacial score (nSPS) is 17.7. The largest absolute Gasteiger partial charge is 0.393 e. The Bertz CT molecular complexity index is 1170. The monoisotopic (exact) mass is 505 g/mol. The number of halogens is 3. The summed E-state index contributed by atoms with van der Waals surface area (Å²) < 4.78 is 43.8. The van der Waals surface area contributed by atoms with E-state index in [-0.39, 0.29) is 16.8 Å². The van der Waals surface area contributed by atoms with Crippen LogP contribution in [0.3, 0.4) is 0 Å². The number of anilines is 2. The zero-order valence-corrected chi connectivity index (χ0v) is 19.9. The Kier molecular flexibility index (Phi) is 6.79. The van der Waals surface area contributed by atoms with E-state index >= 15 is 0 Å². The predicted molar refractivity (Wildman–Crippen MR) is 129 cm³/mol. The van der Waals surface area contributed by atoms with Gasteiger partial charge in [-0.25, -0.2) is 9.97 Å². The minimum atomic E-state index is -4.24. The number of piperidine rings is 1. The van der Waals surface area contributed by atoms with Gasteiger partial charge in [-0.05, 0) is 43.2 Å². The van der Waals surface area contributed by atoms with E-state index in [0.29, 0.717) is 47.9 Å². The topological polar surface area (TPSA) is 70.6 Å².